The van der Waals surface area contributed by atoms with E-state index < -0.39 is 0 Å². The van der Waals surface area contributed by atoms with Crippen LogP contribution in [0.5, 0.6) is 0 Å². The number of benzene rings is 2. The summed E-state index contributed by atoms with van der Waals surface area (Å²) in [6.45, 7) is 4.40. The molecule has 0 spiro atoms. The average molecular weight is 402 g/mol. The van der Waals surface area contributed by atoms with E-state index in [1.807, 2.05) is 24.3 Å². The van der Waals surface area contributed by atoms with E-state index in [1.165, 1.54) is 48.1 Å². The molecule has 2 aromatic rings. The maximum absolute atomic E-state index is 12.8. The van der Waals surface area contributed by atoms with Crippen molar-refractivity contribution in [2.75, 3.05) is 40.1 Å². The van der Waals surface area contributed by atoms with Gasteiger partial charge in [0.15, 0.2) is 0 Å². The van der Waals surface area contributed by atoms with Gasteiger partial charge in [0, 0.05) is 30.2 Å². The Morgan fingerprint density at radius 3 is 2.04 bits per heavy atom. The van der Waals surface area contributed by atoms with Crippen LogP contribution >= 0.6 is 11.8 Å². The maximum atomic E-state index is 12.8. The quantitative estimate of drug-likeness (QED) is 0.737. The molecule has 1 saturated heterocycles. The van der Waals surface area contributed by atoms with E-state index in [0.29, 0.717) is 5.69 Å². The van der Waals surface area contributed by atoms with E-state index in [4.69, 9.17) is 0 Å². The predicted octanol–water partition coefficient (Wildman–Crippen LogP) is 3.98. The van der Waals surface area contributed by atoms with E-state index in [2.05, 4.69) is 22.5 Å². The fourth-order valence-corrected chi connectivity index (χ4v) is 3.71. The molecule has 2 N–H and O–H groups in total. The lowest BCUT2D eigenvalue weighted by atomic mass is 10.2. The van der Waals surface area contributed by atoms with E-state index in [1.54, 1.807) is 0 Å². The zero-order valence-corrected chi connectivity index (χ0v) is 16.6. The molecule has 0 saturated carbocycles. The summed E-state index contributed by atoms with van der Waals surface area (Å²) in [6, 6.07) is 13.4. The summed E-state index contributed by atoms with van der Waals surface area (Å²) in [7, 11) is 0. The normalized spacial score (nSPS) is 16.1. The van der Waals surface area contributed by atoms with Crippen LogP contribution in [0.3, 0.4) is 0 Å². The van der Waals surface area contributed by atoms with Crippen molar-refractivity contribution in [3.63, 3.8) is 0 Å². The Kier molecular flexibility index (Phi) is 6.92. The second-order valence-electron chi connectivity index (χ2n) is 6.98. The fraction of sp³-hybridized carbons (Fsp3) is 0.333. The molecule has 2 aromatic carbocycles. The molecular weight excluding hydrogens is 377 g/mol. The number of anilines is 3. The highest BCUT2D eigenvalue weighted by molar-refractivity contribution is 8.00. The monoisotopic (exact) mass is 401 g/mol. The Labute approximate surface area is 168 Å². The largest absolute Gasteiger partial charge is 0.371 e. The Hall–Kier alpha value is -2.54. The minimum absolute atomic E-state index is 0.150. The van der Waals surface area contributed by atoms with Gasteiger partial charge in [-0.3, -0.25) is 9.59 Å². The lowest BCUT2D eigenvalue weighted by molar-refractivity contribution is -0.114. The minimum Gasteiger partial charge on any atom is -0.371 e. The molecule has 28 heavy (non-hydrogen) atoms. The summed E-state index contributed by atoms with van der Waals surface area (Å²) in [5.41, 5.74) is 2.45. The van der Waals surface area contributed by atoms with Crippen molar-refractivity contribution in [1.29, 1.82) is 0 Å². The van der Waals surface area contributed by atoms with E-state index in [9.17, 15) is 14.0 Å². The molecule has 1 aliphatic rings. The van der Waals surface area contributed by atoms with Crippen LogP contribution in [0.25, 0.3) is 0 Å². The summed E-state index contributed by atoms with van der Waals surface area (Å²) in [5, 5.41) is 5.51. The lowest BCUT2D eigenvalue weighted by Crippen LogP contribution is -2.19. The summed E-state index contributed by atoms with van der Waals surface area (Å²) < 4.78 is 12.8. The molecule has 1 atom stereocenters. The van der Waals surface area contributed by atoms with Gasteiger partial charge in [-0.15, -0.1) is 11.8 Å². The van der Waals surface area contributed by atoms with E-state index in [-0.39, 0.29) is 29.1 Å². The molecule has 3 rings (SSSR count). The van der Waals surface area contributed by atoms with Crippen molar-refractivity contribution in [3.8, 4) is 0 Å². The van der Waals surface area contributed by atoms with Gasteiger partial charge in [-0.1, -0.05) is 6.92 Å². The maximum Gasteiger partial charge on any atom is 0.234 e. The van der Waals surface area contributed by atoms with Crippen molar-refractivity contribution < 1.29 is 14.0 Å². The predicted molar refractivity (Wildman–Crippen MR) is 113 cm³/mol. The van der Waals surface area contributed by atoms with Crippen molar-refractivity contribution in [3.05, 3.63) is 54.3 Å². The Balaban J connectivity index is 1.38. The highest BCUT2D eigenvalue weighted by Gasteiger charge is 2.18. The van der Waals surface area contributed by atoms with Crippen LogP contribution in [0.15, 0.2) is 48.5 Å². The molecule has 0 aliphatic carbocycles. The third-order valence-corrected chi connectivity index (χ3v) is 5.47. The van der Waals surface area contributed by atoms with Crippen LogP contribution in [-0.4, -0.2) is 36.4 Å². The second kappa shape index (κ2) is 9.59. The lowest BCUT2D eigenvalue weighted by Gasteiger charge is -2.18. The van der Waals surface area contributed by atoms with Crippen LogP contribution in [0.2, 0.25) is 0 Å². The van der Waals surface area contributed by atoms with E-state index >= 15 is 0 Å². The molecule has 148 valence electrons. The van der Waals surface area contributed by atoms with Gasteiger partial charge in [-0.2, -0.15) is 0 Å². The topological polar surface area (TPSA) is 61.4 Å². The number of carbonyl (C=O) groups is 2. The van der Waals surface area contributed by atoms with Gasteiger partial charge in [-0.05, 0) is 60.9 Å². The first-order valence-corrected chi connectivity index (χ1v) is 10.4. The standard InChI is InChI=1S/C21H24FN3O2S/c1-15-10-11-25(12-15)19-8-6-18(7-9-19)24-21(27)14-28-13-20(26)23-17-4-2-16(22)3-5-17/h2-9,15H,10-14H2,1H3,(H,23,26)(H,24,27). The Morgan fingerprint density at radius 2 is 1.54 bits per heavy atom. The number of hydrogen-bond donors (Lipinski definition) is 2. The smallest absolute Gasteiger partial charge is 0.234 e. The number of rotatable bonds is 7. The number of carbonyl (C=O) groups excluding carboxylic acids is 2. The highest BCUT2D eigenvalue weighted by atomic mass is 32.2. The number of halogens is 1. The third-order valence-electron chi connectivity index (χ3n) is 4.53. The number of thioether (sulfide) groups is 1. The molecule has 0 aromatic heterocycles. The van der Waals surface area contributed by atoms with Crippen LogP contribution in [0.4, 0.5) is 21.5 Å². The zero-order valence-electron chi connectivity index (χ0n) is 15.8. The van der Waals surface area contributed by atoms with Crippen molar-refractivity contribution in [2.24, 2.45) is 5.92 Å². The van der Waals surface area contributed by atoms with Gasteiger partial charge in [0.05, 0.1) is 11.5 Å². The van der Waals surface area contributed by atoms with Gasteiger partial charge in [0.1, 0.15) is 5.82 Å². The van der Waals surface area contributed by atoms with Crippen LogP contribution in [0, 0.1) is 11.7 Å². The molecule has 0 radical (unpaired) electrons. The first-order chi connectivity index (χ1) is 13.5. The molecule has 0 bridgehead atoms. The second-order valence-corrected chi connectivity index (χ2v) is 7.97. The fourth-order valence-electron chi connectivity index (χ4n) is 3.09. The Morgan fingerprint density at radius 1 is 1.00 bits per heavy atom. The SMILES string of the molecule is CC1CCN(c2ccc(NC(=O)CSCC(=O)Nc3ccc(F)cc3)cc2)C1. The van der Waals surface area contributed by atoms with Crippen LogP contribution < -0.4 is 15.5 Å². The number of hydrogen-bond acceptors (Lipinski definition) is 4. The first kappa shape index (κ1) is 20.2. The van der Waals surface area contributed by atoms with Gasteiger partial charge in [0.2, 0.25) is 11.8 Å². The van der Waals surface area contributed by atoms with Gasteiger partial charge >= 0.3 is 0 Å². The van der Waals surface area contributed by atoms with Crippen molar-refractivity contribution >= 4 is 40.6 Å². The van der Waals surface area contributed by atoms with Gasteiger partial charge in [-0.25, -0.2) is 4.39 Å². The molecule has 5 nitrogen and oxygen atoms in total. The minimum atomic E-state index is -0.355. The van der Waals surface area contributed by atoms with Crippen LogP contribution in [0.1, 0.15) is 13.3 Å². The molecule has 1 fully saturated rings. The third kappa shape index (κ3) is 5.99. The molecule has 2 amide bonds. The first-order valence-electron chi connectivity index (χ1n) is 9.27. The van der Waals surface area contributed by atoms with Gasteiger partial charge < -0.3 is 15.5 Å². The Bertz CT molecular complexity index is 811. The average Bonchev–Trinajstić information content (AvgIpc) is 3.10. The summed E-state index contributed by atoms with van der Waals surface area (Å²) in [6.07, 6.45) is 1.21. The molecule has 1 unspecified atom stereocenters. The molecule has 7 heteroatoms. The van der Waals surface area contributed by atoms with Crippen LogP contribution in [-0.2, 0) is 9.59 Å². The molecule has 1 aliphatic heterocycles. The van der Waals surface area contributed by atoms with E-state index in [0.717, 1.165) is 24.7 Å². The van der Waals surface area contributed by atoms with Crippen molar-refractivity contribution in [1.82, 2.24) is 0 Å². The summed E-state index contributed by atoms with van der Waals surface area (Å²) >= 11 is 1.23. The number of nitrogens with zero attached hydrogens (tertiary/aromatic N) is 1. The summed E-state index contributed by atoms with van der Waals surface area (Å²) in [5.74, 6) is 0.318. The molecular formula is C21H24FN3O2S. The van der Waals surface area contributed by atoms with Crippen molar-refractivity contribution in [2.45, 2.75) is 13.3 Å². The highest BCUT2D eigenvalue weighted by Crippen LogP contribution is 2.24. The number of nitrogens with one attached hydrogen (secondary N) is 2. The summed E-state index contributed by atoms with van der Waals surface area (Å²) in [4.78, 5) is 26.3. The van der Waals surface area contributed by atoms with Gasteiger partial charge in [0.25, 0.3) is 0 Å². The molecule has 1 heterocycles. The number of amides is 2. The zero-order chi connectivity index (χ0) is 19.9.